The number of nitrogens with zero attached hydrogens (tertiary/aromatic N) is 4. The topological polar surface area (TPSA) is 64.7 Å². The first-order valence-electron chi connectivity index (χ1n) is 16.3. The summed E-state index contributed by atoms with van der Waals surface area (Å²) in [6.07, 6.45) is 1.76. The lowest BCUT2D eigenvalue weighted by Crippen LogP contribution is -2.01. The van der Waals surface area contributed by atoms with Crippen LogP contribution in [0.5, 0.6) is 0 Å². The van der Waals surface area contributed by atoms with Gasteiger partial charge in [-0.25, -0.2) is 15.0 Å². The van der Waals surface area contributed by atoms with Gasteiger partial charge in [0.25, 0.3) is 0 Å². The van der Waals surface area contributed by atoms with Crippen molar-refractivity contribution in [3.63, 3.8) is 0 Å². The first kappa shape index (κ1) is 27.4. The fourth-order valence-electron chi connectivity index (χ4n) is 7.00. The van der Waals surface area contributed by atoms with Crippen molar-refractivity contribution in [3.8, 4) is 45.4 Å². The van der Waals surface area contributed by atoms with Crippen LogP contribution >= 0.6 is 0 Å². The van der Waals surface area contributed by atoms with Crippen molar-refractivity contribution in [2.45, 2.75) is 0 Å². The lowest BCUT2D eigenvalue weighted by atomic mass is 9.94. The number of hydrogen-bond acceptors (Lipinski definition) is 5. The van der Waals surface area contributed by atoms with Crippen LogP contribution in [0.25, 0.3) is 99.7 Å². The summed E-state index contributed by atoms with van der Waals surface area (Å²) in [6.45, 7) is 0. The summed E-state index contributed by atoms with van der Waals surface area (Å²) in [6, 6.07) is 52.4. The Hall–Kier alpha value is -6.72. The van der Waals surface area contributed by atoms with Gasteiger partial charge in [0.1, 0.15) is 16.9 Å². The summed E-state index contributed by atoms with van der Waals surface area (Å²) in [7, 11) is 0. The van der Waals surface area contributed by atoms with Gasteiger partial charge in [-0.15, -0.1) is 0 Å². The minimum Gasteiger partial charge on any atom is -0.456 e. The van der Waals surface area contributed by atoms with Crippen LogP contribution in [0, 0.1) is 0 Å². The van der Waals surface area contributed by atoms with E-state index in [2.05, 4.69) is 84.9 Å². The van der Waals surface area contributed by atoms with Crippen molar-refractivity contribution in [3.05, 3.63) is 158 Å². The zero-order valence-corrected chi connectivity index (χ0v) is 26.2. The highest BCUT2D eigenvalue weighted by molar-refractivity contribution is 6.20. The third-order valence-electron chi connectivity index (χ3n) is 9.35. The van der Waals surface area contributed by atoms with E-state index in [1.54, 1.807) is 6.20 Å². The first-order valence-corrected chi connectivity index (χ1v) is 16.3. The van der Waals surface area contributed by atoms with Crippen molar-refractivity contribution >= 4 is 54.3 Å². The molecule has 10 aromatic rings. The number of hydrogen-bond donors (Lipinski definition) is 0. The van der Waals surface area contributed by atoms with E-state index in [0.717, 1.165) is 44.2 Å². The fraction of sp³-hybridized carbons (Fsp3) is 0. The maximum Gasteiger partial charge on any atom is 0.183 e. The molecule has 10 rings (SSSR count). The van der Waals surface area contributed by atoms with Crippen LogP contribution < -0.4 is 0 Å². The summed E-state index contributed by atoms with van der Waals surface area (Å²) in [4.78, 5) is 19.6. The van der Waals surface area contributed by atoms with Gasteiger partial charge in [0.05, 0.1) is 5.39 Å². The Bertz CT molecular complexity index is 2820. The lowest BCUT2D eigenvalue weighted by molar-refractivity contribution is 0.668. The van der Waals surface area contributed by atoms with Crippen molar-refractivity contribution in [1.82, 2.24) is 19.9 Å². The van der Waals surface area contributed by atoms with Crippen molar-refractivity contribution in [2.75, 3.05) is 0 Å². The molecule has 0 saturated carbocycles. The molecule has 0 aliphatic heterocycles. The SMILES string of the molecule is c1ccc(-c2nc(-c3ccccc3)nc(-c3nccc4oc5cc(-c6ccc7c(ccc8ccc9ccccc9c87)c6)ccc5c34)n2)cc1. The quantitative estimate of drug-likeness (QED) is 0.182. The predicted octanol–water partition coefficient (Wildman–Crippen LogP) is 11.3. The van der Waals surface area contributed by atoms with Gasteiger partial charge in [-0.05, 0) is 67.7 Å². The lowest BCUT2D eigenvalue weighted by Gasteiger charge is -2.10. The largest absolute Gasteiger partial charge is 0.456 e. The summed E-state index contributed by atoms with van der Waals surface area (Å²) in [5.41, 5.74) is 6.21. The molecule has 0 radical (unpaired) electrons. The molecule has 0 atom stereocenters. The molecule has 0 aliphatic carbocycles. The molecule has 0 fully saturated rings. The van der Waals surface area contributed by atoms with Gasteiger partial charge in [-0.2, -0.15) is 0 Å². The normalized spacial score (nSPS) is 11.7. The van der Waals surface area contributed by atoms with Crippen molar-refractivity contribution < 1.29 is 4.42 Å². The molecule has 49 heavy (non-hydrogen) atoms. The Labute approximate surface area is 281 Å². The Morgan fingerprint density at radius 2 is 0.959 bits per heavy atom. The van der Waals surface area contributed by atoms with E-state index in [1.165, 1.54) is 32.3 Å². The Morgan fingerprint density at radius 1 is 0.367 bits per heavy atom. The number of pyridine rings is 1. The zero-order chi connectivity index (χ0) is 32.3. The van der Waals surface area contributed by atoms with E-state index in [9.17, 15) is 0 Å². The molecule has 0 aliphatic rings. The smallest absolute Gasteiger partial charge is 0.183 e. The highest BCUT2D eigenvalue weighted by atomic mass is 16.3. The number of furan rings is 1. The van der Waals surface area contributed by atoms with E-state index in [0.29, 0.717) is 23.2 Å². The minimum atomic E-state index is 0.499. The van der Waals surface area contributed by atoms with E-state index in [1.807, 2.05) is 66.7 Å². The molecule has 5 heteroatoms. The molecule has 3 aromatic heterocycles. The molecule has 5 nitrogen and oxygen atoms in total. The number of benzene rings is 7. The second kappa shape index (κ2) is 10.9. The highest BCUT2D eigenvalue weighted by Crippen LogP contribution is 2.39. The van der Waals surface area contributed by atoms with Gasteiger partial charge in [0, 0.05) is 22.7 Å². The molecule has 3 heterocycles. The molecule has 0 unspecified atom stereocenters. The van der Waals surface area contributed by atoms with Crippen LogP contribution in [0.3, 0.4) is 0 Å². The maximum atomic E-state index is 6.49. The third kappa shape index (κ3) is 4.55. The number of aromatic nitrogens is 4. The highest BCUT2D eigenvalue weighted by Gasteiger charge is 2.19. The Kier molecular flexibility index (Phi) is 6.11. The first-order chi connectivity index (χ1) is 24.3. The molecule has 0 spiro atoms. The summed E-state index contributed by atoms with van der Waals surface area (Å²) in [5.74, 6) is 1.69. The van der Waals surface area contributed by atoms with Crippen LogP contribution in [0.1, 0.15) is 0 Å². The third-order valence-corrected chi connectivity index (χ3v) is 9.35. The van der Waals surface area contributed by atoms with Crippen LogP contribution in [-0.4, -0.2) is 19.9 Å². The summed E-state index contributed by atoms with van der Waals surface area (Å²) < 4.78 is 6.49. The van der Waals surface area contributed by atoms with Crippen LogP contribution in [0.4, 0.5) is 0 Å². The molecular formula is C44H26N4O. The molecule has 7 aromatic carbocycles. The average molecular weight is 627 g/mol. The van der Waals surface area contributed by atoms with E-state index < -0.39 is 0 Å². The van der Waals surface area contributed by atoms with Crippen molar-refractivity contribution in [2.24, 2.45) is 0 Å². The van der Waals surface area contributed by atoms with Gasteiger partial charge < -0.3 is 4.42 Å². The zero-order valence-electron chi connectivity index (χ0n) is 26.2. The number of fused-ring (bicyclic) bond motifs is 8. The molecule has 0 N–H and O–H groups in total. The molecule has 0 saturated heterocycles. The van der Waals surface area contributed by atoms with Gasteiger partial charge in [0.2, 0.25) is 0 Å². The van der Waals surface area contributed by atoms with Gasteiger partial charge in [-0.1, -0.05) is 127 Å². The maximum absolute atomic E-state index is 6.49. The van der Waals surface area contributed by atoms with E-state index in [-0.39, 0.29) is 0 Å². The van der Waals surface area contributed by atoms with Crippen LogP contribution in [0.15, 0.2) is 162 Å². The Balaban J connectivity index is 1.12. The van der Waals surface area contributed by atoms with Gasteiger partial charge >= 0.3 is 0 Å². The molecule has 0 amide bonds. The van der Waals surface area contributed by atoms with Crippen molar-refractivity contribution in [1.29, 1.82) is 0 Å². The average Bonchev–Trinajstić information content (AvgIpc) is 3.56. The Morgan fingerprint density at radius 3 is 1.71 bits per heavy atom. The minimum absolute atomic E-state index is 0.499. The second-order valence-electron chi connectivity index (χ2n) is 12.3. The van der Waals surface area contributed by atoms with Crippen LogP contribution in [0.2, 0.25) is 0 Å². The monoisotopic (exact) mass is 626 g/mol. The van der Waals surface area contributed by atoms with E-state index >= 15 is 0 Å². The van der Waals surface area contributed by atoms with E-state index in [4.69, 9.17) is 24.4 Å². The summed E-state index contributed by atoms with van der Waals surface area (Å²) >= 11 is 0. The molecule has 228 valence electrons. The van der Waals surface area contributed by atoms with Gasteiger partial charge in [0.15, 0.2) is 17.5 Å². The molecule has 0 bridgehead atoms. The van der Waals surface area contributed by atoms with Crippen LogP contribution in [-0.2, 0) is 0 Å². The standard InChI is InChI=1S/C44H26N4O/c1-3-10-29(11-4-1)42-46-43(30-12-5-2-6-13-30)48-44(47-42)41-40-36-22-20-32(26-38(36)49-37(40)23-24-45-41)31-19-21-35-33(25-31)18-17-28-16-15-27-9-7-8-14-34(27)39(28)35/h1-26H. The summed E-state index contributed by atoms with van der Waals surface area (Å²) in [5, 5.41) is 9.36. The number of rotatable bonds is 4. The predicted molar refractivity (Wildman–Crippen MR) is 199 cm³/mol. The fourth-order valence-corrected chi connectivity index (χ4v) is 7.00. The molecular weight excluding hydrogens is 601 g/mol. The van der Waals surface area contributed by atoms with Gasteiger partial charge in [-0.3, -0.25) is 4.98 Å². The second-order valence-corrected chi connectivity index (χ2v) is 12.3.